The molecule has 0 aliphatic carbocycles. The molecule has 0 heteroatoms. The highest BCUT2D eigenvalue weighted by Gasteiger charge is 2.07. The highest BCUT2D eigenvalue weighted by atomic mass is 14.1. The Labute approximate surface area is 146 Å². The summed E-state index contributed by atoms with van der Waals surface area (Å²) < 4.78 is 0. The lowest BCUT2D eigenvalue weighted by atomic mass is 9.91. The normalized spacial score (nSPS) is 11.1. The van der Waals surface area contributed by atoms with Gasteiger partial charge in [-0.05, 0) is 55.2 Å². The molecule has 1 aromatic carbocycles. The van der Waals surface area contributed by atoms with E-state index in [0.717, 1.165) is 12.8 Å². The number of rotatable bonds is 14. The Balaban J connectivity index is 2.54. The second-order valence-corrected chi connectivity index (χ2v) is 6.99. The van der Waals surface area contributed by atoms with E-state index >= 15 is 0 Å². The third-order valence-electron chi connectivity index (χ3n) is 4.90. The zero-order valence-electron chi connectivity index (χ0n) is 15.8. The van der Waals surface area contributed by atoms with Gasteiger partial charge in [0.25, 0.3) is 0 Å². The monoisotopic (exact) mass is 315 g/mol. The minimum absolute atomic E-state index is 1.02. The minimum atomic E-state index is 1.02. The van der Waals surface area contributed by atoms with Gasteiger partial charge in [-0.15, -0.1) is 0 Å². The van der Waals surface area contributed by atoms with Crippen molar-refractivity contribution in [3.63, 3.8) is 0 Å². The fourth-order valence-electron chi connectivity index (χ4n) is 3.49. The van der Waals surface area contributed by atoms with E-state index < -0.39 is 0 Å². The zero-order valence-corrected chi connectivity index (χ0v) is 15.8. The molecule has 1 rings (SSSR count). The maximum absolute atomic E-state index is 4.10. The van der Waals surface area contributed by atoms with E-state index in [-0.39, 0.29) is 0 Å². The lowest BCUT2D eigenvalue weighted by Crippen LogP contribution is -2.01. The number of aryl methyl sites for hydroxylation is 2. The Bertz CT molecular complexity index is 359. The molecule has 1 radical (unpaired) electrons. The van der Waals surface area contributed by atoms with Crippen LogP contribution in [0.4, 0.5) is 0 Å². The van der Waals surface area contributed by atoms with Crippen LogP contribution in [0.15, 0.2) is 18.2 Å². The van der Waals surface area contributed by atoms with E-state index in [0.29, 0.717) is 0 Å². The predicted molar refractivity (Wildman–Crippen MR) is 105 cm³/mol. The maximum atomic E-state index is 4.10. The summed E-state index contributed by atoms with van der Waals surface area (Å²) in [4.78, 5) is 0. The van der Waals surface area contributed by atoms with Gasteiger partial charge in [-0.3, -0.25) is 0 Å². The standard InChI is InChI=1S/C23H39/c1-4-7-9-11-13-17-21-19-15-20-22(23(21)16-6-3)18-14-12-10-8-5-2/h15,19-20H,3-14,16-18H2,1-2H3. The Morgan fingerprint density at radius 2 is 1.13 bits per heavy atom. The molecule has 0 fully saturated rings. The van der Waals surface area contributed by atoms with Gasteiger partial charge in [-0.25, -0.2) is 0 Å². The van der Waals surface area contributed by atoms with E-state index in [1.807, 2.05) is 0 Å². The molecular formula is C23H39. The molecule has 0 spiro atoms. The lowest BCUT2D eigenvalue weighted by Gasteiger charge is -2.15. The highest BCUT2D eigenvalue weighted by Crippen LogP contribution is 2.22. The van der Waals surface area contributed by atoms with Crippen molar-refractivity contribution in [1.82, 2.24) is 0 Å². The topological polar surface area (TPSA) is 0 Å². The molecule has 0 nitrogen and oxygen atoms in total. The molecule has 0 saturated carbocycles. The average molecular weight is 316 g/mol. The van der Waals surface area contributed by atoms with Crippen LogP contribution in [0.1, 0.15) is 101 Å². The van der Waals surface area contributed by atoms with Crippen LogP contribution in [0.2, 0.25) is 0 Å². The van der Waals surface area contributed by atoms with Crippen LogP contribution in [-0.2, 0) is 19.3 Å². The largest absolute Gasteiger partial charge is 0.0654 e. The van der Waals surface area contributed by atoms with Gasteiger partial charge in [0.15, 0.2) is 0 Å². The summed E-state index contributed by atoms with van der Waals surface area (Å²) >= 11 is 0. The average Bonchev–Trinajstić information content (AvgIpc) is 2.56. The second-order valence-electron chi connectivity index (χ2n) is 6.99. The van der Waals surface area contributed by atoms with Crippen molar-refractivity contribution >= 4 is 0 Å². The molecule has 0 aliphatic rings. The van der Waals surface area contributed by atoms with E-state index in [1.54, 1.807) is 16.7 Å². The van der Waals surface area contributed by atoms with E-state index in [4.69, 9.17) is 0 Å². The molecule has 23 heavy (non-hydrogen) atoms. The molecule has 0 atom stereocenters. The van der Waals surface area contributed by atoms with Crippen molar-refractivity contribution in [3.8, 4) is 0 Å². The molecule has 0 saturated heterocycles. The van der Waals surface area contributed by atoms with Gasteiger partial charge in [0, 0.05) is 0 Å². The molecule has 0 unspecified atom stereocenters. The summed E-state index contributed by atoms with van der Waals surface area (Å²) in [5.41, 5.74) is 4.85. The Morgan fingerprint density at radius 3 is 1.57 bits per heavy atom. The van der Waals surface area contributed by atoms with Gasteiger partial charge in [-0.2, -0.15) is 0 Å². The van der Waals surface area contributed by atoms with Crippen LogP contribution in [0.25, 0.3) is 0 Å². The first-order chi connectivity index (χ1) is 11.3. The van der Waals surface area contributed by atoms with E-state index in [9.17, 15) is 0 Å². The van der Waals surface area contributed by atoms with Gasteiger partial charge in [0.05, 0.1) is 0 Å². The van der Waals surface area contributed by atoms with Gasteiger partial charge in [0.1, 0.15) is 0 Å². The van der Waals surface area contributed by atoms with Gasteiger partial charge in [-0.1, -0.05) is 90.3 Å². The van der Waals surface area contributed by atoms with Gasteiger partial charge < -0.3 is 0 Å². The molecule has 0 bridgehead atoms. The molecular weight excluding hydrogens is 276 g/mol. The molecule has 1 aromatic rings. The smallest absolute Gasteiger partial charge is 0.0273 e. The highest BCUT2D eigenvalue weighted by molar-refractivity contribution is 5.36. The maximum Gasteiger partial charge on any atom is -0.0273 e. The number of hydrogen-bond donors (Lipinski definition) is 0. The van der Waals surface area contributed by atoms with Crippen molar-refractivity contribution in [2.45, 2.75) is 104 Å². The summed E-state index contributed by atoms with van der Waals surface area (Å²) in [6.07, 6.45) is 18.5. The van der Waals surface area contributed by atoms with Crippen LogP contribution in [-0.4, -0.2) is 0 Å². The zero-order chi connectivity index (χ0) is 16.8. The molecule has 0 aliphatic heterocycles. The van der Waals surface area contributed by atoms with Crippen LogP contribution >= 0.6 is 0 Å². The van der Waals surface area contributed by atoms with Crippen LogP contribution in [0, 0.1) is 6.92 Å². The third kappa shape index (κ3) is 8.58. The van der Waals surface area contributed by atoms with E-state index in [2.05, 4.69) is 39.0 Å². The Morgan fingerprint density at radius 1 is 0.652 bits per heavy atom. The summed E-state index contributed by atoms with van der Waals surface area (Å²) in [7, 11) is 0. The SMILES string of the molecule is [CH2]CCc1c(CCCCCCC)cccc1CCCCCCC. The predicted octanol–water partition coefficient (Wildman–Crippen LogP) is 7.48. The van der Waals surface area contributed by atoms with Crippen LogP contribution in [0.3, 0.4) is 0 Å². The molecule has 0 heterocycles. The van der Waals surface area contributed by atoms with Crippen LogP contribution < -0.4 is 0 Å². The second kappa shape index (κ2) is 13.6. The number of benzene rings is 1. The van der Waals surface area contributed by atoms with Crippen molar-refractivity contribution in [2.75, 3.05) is 0 Å². The first-order valence-electron chi connectivity index (χ1n) is 10.2. The van der Waals surface area contributed by atoms with E-state index in [1.165, 1.54) is 77.0 Å². The molecule has 0 N–H and O–H groups in total. The number of unbranched alkanes of at least 4 members (excludes halogenated alkanes) is 8. The van der Waals surface area contributed by atoms with Crippen molar-refractivity contribution in [3.05, 3.63) is 41.8 Å². The van der Waals surface area contributed by atoms with Crippen LogP contribution in [0.5, 0.6) is 0 Å². The first-order valence-corrected chi connectivity index (χ1v) is 10.2. The lowest BCUT2D eigenvalue weighted by molar-refractivity contribution is 0.625. The van der Waals surface area contributed by atoms with Crippen molar-refractivity contribution in [1.29, 1.82) is 0 Å². The Kier molecular flexibility index (Phi) is 12.0. The van der Waals surface area contributed by atoms with Crippen molar-refractivity contribution < 1.29 is 0 Å². The minimum Gasteiger partial charge on any atom is -0.0654 e. The summed E-state index contributed by atoms with van der Waals surface area (Å²) in [6, 6.07) is 7.02. The number of hydrogen-bond acceptors (Lipinski definition) is 0. The molecule has 131 valence electrons. The molecule has 0 aromatic heterocycles. The Hall–Kier alpha value is -0.780. The quantitative estimate of drug-likeness (QED) is 0.312. The summed E-state index contributed by atoms with van der Waals surface area (Å²) in [5.74, 6) is 0. The van der Waals surface area contributed by atoms with Crippen molar-refractivity contribution in [2.24, 2.45) is 0 Å². The summed E-state index contributed by atoms with van der Waals surface area (Å²) in [5, 5.41) is 0. The van der Waals surface area contributed by atoms with Gasteiger partial charge >= 0.3 is 0 Å². The van der Waals surface area contributed by atoms with Gasteiger partial charge in [0.2, 0.25) is 0 Å². The first kappa shape index (κ1) is 20.3. The molecule has 0 amide bonds. The summed E-state index contributed by atoms with van der Waals surface area (Å²) in [6.45, 7) is 8.68. The third-order valence-corrected chi connectivity index (χ3v) is 4.90. The fraction of sp³-hybridized carbons (Fsp3) is 0.696. The fourth-order valence-corrected chi connectivity index (χ4v) is 3.49.